The molecule has 0 amide bonds. The van der Waals surface area contributed by atoms with Crippen LogP contribution in [0.1, 0.15) is 6.42 Å². The molecule has 1 aromatic carbocycles. The molecule has 1 atom stereocenters. The number of likely N-dealkylation sites (tertiary alicyclic amines) is 1. The molecule has 1 fully saturated rings. The van der Waals surface area contributed by atoms with Crippen molar-refractivity contribution < 1.29 is 0 Å². The van der Waals surface area contributed by atoms with Crippen LogP contribution in [-0.2, 0) is 0 Å². The van der Waals surface area contributed by atoms with Crippen LogP contribution in [0.25, 0.3) is 10.2 Å². The van der Waals surface area contributed by atoms with Gasteiger partial charge in [0, 0.05) is 25.3 Å². The normalized spacial score (nSPS) is 19.6. The van der Waals surface area contributed by atoms with E-state index in [0.717, 1.165) is 22.9 Å². The van der Waals surface area contributed by atoms with Gasteiger partial charge < -0.3 is 15.5 Å². The second kappa shape index (κ2) is 5.53. The smallest absolute Gasteiger partial charge is 0.186 e. The van der Waals surface area contributed by atoms with Crippen molar-refractivity contribution in [1.29, 1.82) is 0 Å². The average molecular weight is 299 g/mol. The first-order valence-electron chi connectivity index (χ1n) is 6.21. The fraction of sp³-hybridized carbons (Fsp3) is 0.462. The molecule has 0 radical (unpaired) electrons. The first-order valence-corrected chi connectivity index (χ1v) is 7.02. The van der Waals surface area contributed by atoms with Gasteiger partial charge in [-0.25, -0.2) is 4.98 Å². The molecule has 0 bridgehead atoms. The molecule has 1 aliphatic heterocycles. The number of nitrogens with zero attached hydrogens (tertiary/aromatic N) is 3. The molecule has 0 saturated carbocycles. The van der Waals surface area contributed by atoms with Crippen molar-refractivity contribution in [1.82, 2.24) is 9.88 Å². The van der Waals surface area contributed by atoms with Gasteiger partial charge >= 0.3 is 0 Å². The van der Waals surface area contributed by atoms with E-state index in [1.165, 1.54) is 17.7 Å². The molecule has 6 heteroatoms. The summed E-state index contributed by atoms with van der Waals surface area (Å²) in [5.74, 6) is 0. The van der Waals surface area contributed by atoms with Crippen LogP contribution in [0.5, 0.6) is 0 Å². The lowest BCUT2D eigenvalue weighted by molar-refractivity contribution is 0.409. The molecule has 19 heavy (non-hydrogen) atoms. The molecule has 3 rings (SSSR count). The number of aromatic nitrogens is 1. The van der Waals surface area contributed by atoms with Crippen LogP contribution in [0.15, 0.2) is 18.2 Å². The Labute approximate surface area is 123 Å². The third-order valence-electron chi connectivity index (χ3n) is 3.62. The molecular weight excluding hydrogens is 280 g/mol. The third-order valence-corrected chi connectivity index (χ3v) is 4.73. The predicted molar refractivity (Wildman–Crippen MR) is 85.6 cm³/mol. The summed E-state index contributed by atoms with van der Waals surface area (Å²) in [5, 5.41) is 1.09. The fourth-order valence-corrected chi connectivity index (χ4v) is 3.51. The number of halogens is 1. The number of benzene rings is 1. The number of likely N-dealkylation sites (N-methyl/N-ethyl adjacent to an activating group) is 2. The lowest BCUT2D eigenvalue weighted by atomic mass is 10.2. The molecule has 104 valence electrons. The molecule has 1 aliphatic rings. The Morgan fingerprint density at radius 2 is 2.26 bits per heavy atom. The zero-order chi connectivity index (χ0) is 12.7. The number of fused-ring (bicyclic) bond motifs is 1. The molecular formula is C13H19ClN4S. The number of nitrogens with two attached hydrogens (primary N) is 1. The zero-order valence-corrected chi connectivity index (χ0v) is 12.8. The molecule has 1 saturated heterocycles. The van der Waals surface area contributed by atoms with Crippen LogP contribution >= 0.6 is 23.7 Å². The summed E-state index contributed by atoms with van der Waals surface area (Å²) in [7, 11) is 4.32. The number of nitrogen functional groups attached to an aromatic ring is 1. The standard InChI is InChI=1S/C13H18N4S.ClH/c1-16-6-5-10(8-16)17(2)13-15-11-4-3-9(14)7-12(11)18-13;/h3-4,7,10H,5-6,8,14H2,1-2H3;1H. The topological polar surface area (TPSA) is 45.4 Å². The van der Waals surface area contributed by atoms with Crippen molar-refractivity contribution in [3.63, 3.8) is 0 Å². The Bertz CT molecular complexity index is 571. The lowest BCUT2D eigenvalue weighted by Gasteiger charge is -2.23. The van der Waals surface area contributed by atoms with E-state index in [-0.39, 0.29) is 12.4 Å². The maximum Gasteiger partial charge on any atom is 0.186 e. The highest BCUT2D eigenvalue weighted by Gasteiger charge is 2.25. The molecule has 0 spiro atoms. The van der Waals surface area contributed by atoms with Crippen molar-refractivity contribution >= 4 is 44.8 Å². The Hall–Kier alpha value is -1.04. The van der Waals surface area contributed by atoms with Crippen molar-refractivity contribution in [3.8, 4) is 0 Å². The maximum absolute atomic E-state index is 5.81. The SMILES string of the molecule is CN1CCC(N(C)c2nc3ccc(N)cc3s2)C1.Cl. The van der Waals surface area contributed by atoms with Gasteiger partial charge in [0.05, 0.1) is 10.2 Å². The van der Waals surface area contributed by atoms with E-state index < -0.39 is 0 Å². The second-order valence-corrected chi connectivity index (χ2v) is 6.05. The van der Waals surface area contributed by atoms with Crippen molar-refractivity contribution in [2.75, 3.05) is 37.8 Å². The van der Waals surface area contributed by atoms with Gasteiger partial charge in [-0.1, -0.05) is 11.3 Å². The van der Waals surface area contributed by atoms with Gasteiger partial charge in [0.25, 0.3) is 0 Å². The first-order chi connectivity index (χ1) is 8.63. The largest absolute Gasteiger partial charge is 0.399 e. The molecule has 1 unspecified atom stereocenters. The second-order valence-electron chi connectivity index (χ2n) is 5.04. The zero-order valence-electron chi connectivity index (χ0n) is 11.2. The first kappa shape index (κ1) is 14.4. The molecule has 2 aromatic rings. The minimum atomic E-state index is 0. The van der Waals surface area contributed by atoms with Gasteiger partial charge in [-0.15, -0.1) is 12.4 Å². The van der Waals surface area contributed by atoms with Gasteiger partial charge in [-0.3, -0.25) is 0 Å². The lowest BCUT2D eigenvalue weighted by Crippen LogP contribution is -2.33. The van der Waals surface area contributed by atoms with Crippen molar-refractivity contribution in [2.45, 2.75) is 12.5 Å². The third kappa shape index (κ3) is 2.78. The minimum Gasteiger partial charge on any atom is -0.399 e. The van der Waals surface area contributed by atoms with Crippen molar-refractivity contribution in [3.05, 3.63) is 18.2 Å². The maximum atomic E-state index is 5.81. The summed E-state index contributed by atoms with van der Waals surface area (Å²) < 4.78 is 1.17. The number of thiazole rings is 1. The average Bonchev–Trinajstić information content (AvgIpc) is 2.93. The van der Waals surface area contributed by atoms with Crippen LogP contribution in [-0.4, -0.2) is 43.1 Å². The number of rotatable bonds is 2. The Balaban J connectivity index is 0.00000133. The minimum absolute atomic E-state index is 0. The van der Waals surface area contributed by atoms with Crippen LogP contribution in [0.3, 0.4) is 0 Å². The number of anilines is 2. The van der Waals surface area contributed by atoms with Crippen LogP contribution in [0.4, 0.5) is 10.8 Å². The Morgan fingerprint density at radius 3 is 2.95 bits per heavy atom. The quantitative estimate of drug-likeness (QED) is 0.865. The molecule has 2 N–H and O–H groups in total. The van der Waals surface area contributed by atoms with Crippen LogP contribution < -0.4 is 10.6 Å². The predicted octanol–water partition coefficient (Wildman–Crippen LogP) is 2.44. The highest BCUT2D eigenvalue weighted by atomic mass is 35.5. The Kier molecular flexibility index (Phi) is 4.18. The van der Waals surface area contributed by atoms with Gasteiger partial charge in [0.1, 0.15) is 0 Å². The summed E-state index contributed by atoms with van der Waals surface area (Å²) in [6, 6.07) is 6.49. The molecule has 2 heterocycles. The van der Waals surface area contributed by atoms with Gasteiger partial charge in [0.15, 0.2) is 5.13 Å². The molecule has 1 aromatic heterocycles. The monoisotopic (exact) mass is 298 g/mol. The molecule has 4 nitrogen and oxygen atoms in total. The summed E-state index contributed by atoms with van der Waals surface area (Å²) in [5.41, 5.74) is 7.66. The summed E-state index contributed by atoms with van der Waals surface area (Å²) in [4.78, 5) is 9.37. The van der Waals surface area contributed by atoms with E-state index in [1.807, 2.05) is 18.2 Å². The molecule has 0 aliphatic carbocycles. The summed E-state index contributed by atoms with van der Waals surface area (Å²) in [6.45, 7) is 2.29. The van der Waals surface area contributed by atoms with Crippen LogP contribution in [0.2, 0.25) is 0 Å². The van der Waals surface area contributed by atoms with Crippen LogP contribution in [0, 0.1) is 0 Å². The number of hydrogen-bond donors (Lipinski definition) is 1. The van der Waals surface area contributed by atoms with Gasteiger partial charge in [-0.05, 0) is 38.2 Å². The highest BCUT2D eigenvalue weighted by molar-refractivity contribution is 7.22. The van der Waals surface area contributed by atoms with Gasteiger partial charge in [0.2, 0.25) is 0 Å². The summed E-state index contributed by atoms with van der Waals surface area (Å²) in [6.07, 6.45) is 1.21. The van der Waals surface area contributed by atoms with Crippen molar-refractivity contribution in [2.24, 2.45) is 0 Å². The van der Waals surface area contributed by atoms with Gasteiger partial charge in [-0.2, -0.15) is 0 Å². The van der Waals surface area contributed by atoms with E-state index in [1.54, 1.807) is 11.3 Å². The Morgan fingerprint density at radius 1 is 1.47 bits per heavy atom. The number of hydrogen-bond acceptors (Lipinski definition) is 5. The van der Waals surface area contributed by atoms with E-state index in [0.29, 0.717) is 6.04 Å². The van der Waals surface area contributed by atoms with E-state index in [2.05, 4.69) is 23.9 Å². The highest BCUT2D eigenvalue weighted by Crippen LogP contribution is 2.31. The van der Waals surface area contributed by atoms with E-state index >= 15 is 0 Å². The van der Waals surface area contributed by atoms with E-state index in [9.17, 15) is 0 Å². The van der Waals surface area contributed by atoms with E-state index in [4.69, 9.17) is 10.7 Å². The fourth-order valence-electron chi connectivity index (χ4n) is 2.46. The summed E-state index contributed by atoms with van der Waals surface area (Å²) >= 11 is 1.72.